The molecule has 1 aromatic carbocycles. The van der Waals surface area contributed by atoms with E-state index in [1.807, 2.05) is 6.92 Å². The van der Waals surface area contributed by atoms with Crippen molar-refractivity contribution < 1.29 is 19.1 Å². The van der Waals surface area contributed by atoms with Crippen molar-refractivity contribution in [3.05, 3.63) is 29.6 Å². The fourth-order valence-electron chi connectivity index (χ4n) is 2.36. The lowest BCUT2D eigenvalue weighted by atomic mass is 10.0. The number of hydrogen-bond acceptors (Lipinski definition) is 2. The first kappa shape index (κ1) is 14.3. The molecule has 1 heterocycles. The van der Waals surface area contributed by atoms with Crippen molar-refractivity contribution in [2.45, 2.75) is 32.2 Å². The molecule has 1 aliphatic rings. The summed E-state index contributed by atoms with van der Waals surface area (Å²) in [5, 5.41) is 11.3. The van der Waals surface area contributed by atoms with Gasteiger partial charge in [0, 0.05) is 18.3 Å². The molecule has 0 saturated carbocycles. The third-order valence-electron chi connectivity index (χ3n) is 3.51. The number of anilines is 1. The highest BCUT2D eigenvalue weighted by molar-refractivity contribution is 5.92. The molecule has 0 bridgehead atoms. The Labute approximate surface area is 116 Å². The van der Waals surface area contributed by atoms with Crippen molar-refractivity contribution in [3.63, 3.8) is 0 Å². The number of carboxylic acids is 1. The minimum Gasteiger partial charge on any atom is -0.478 e. The average molecular weight is 280 g/mol. The van der Waals surface area contributed by atoms with Crippen molar-refractivity contribution in [3.8, 4) is 0 Å². The topological polar surface area (TPSA) is 69.6 Å². The molecule has 5 nitrogen and oxygen atoms in total. The third-order valence-corrected chi connectivity index (χ3v) is 3.51. The maximum absolute atomic E-state index is 13.5. The van der Waals surface area contributed by atoms with Gasteiger partial charge in [-0.15, -0.1) is 0 Å². The van der Waals surface area contributed by atoms with Gasteiger partial charge in [0.1, 0.15) is 5.82 Å². The zero-order valence-electron chi connectivity index (χ0n) is 11.2. The van der Waals surface area contributed by atoms with Crippen LogP contribution in [0.5, 0.6) is 0 Å². The highest BCUT2D eigenvalue weighted by atomic mass is 19.1. The van der Waals surface area contributed by atoms with Gasteiger partial charge in [-0.3, -0.25) is 0 Å². The second kappa shape index (κ2) is 5.90. The molecule has 20 heavy (non-hydrogen) atoms. The highest BCUT2D eigenvalue weighted by Crippen LogP contribution is 2.19. The van der Waals surface area contributed by atoms with Crippen LogP contribution in [0.25, 0.3) is 0 Å². The van der Waals surface area contributed by atoms with Gasteiger partial charge in [0.05, 0.1) is 5.56 Å². The van der Waals surface area contributed by atoms with Crippen LogP contribution in [0, 0.1) is 5.82 Å². The summed E-state index contributed by atoms with van der Waals surface area (Å²) < 4.78 is 13.5. The van der Waals surface area contributed by atoms with Crippen LogP contribution in [0.15, 0.2) is 18.2 Å². The molecular formula is C14H17FN2O3. The average Bonchev–Trinajstić information content (AvgIpc) is 2.38. The molecule has 1 fully saturated rings. The molecule has 0 radical (unpaired) electrons. The SMILES string of the molecule is CC1CCCCN1C(=O)Nc1ccc(C(=O)O)c(F)c1. The van der Waals surface area contributed by atoms with E-state index < -0.39 is 17.3 Å². The number of hydrogen-bond donors (Lipinski definition) is 2. The van der Waals surface area contributed by atoms with Crippen LogP contribution in [0.3, 0.4) is 0 Å². The number of amides is 2. The Kier molecular flexibility index (Phi) is 4.22. The lowest BCUT2D eigenvalue weighted by Crippen LogP contribution is -2.44. The summed E-state index contributed by atoms with van der Waals surface area (Å²) in [7, 11) is 0. The van der Waals surface area contributed by atoms with Gasteiger partial charge in [-0.05, 0) is 44.4 Å². The van der Waals surface area contributed by atoms with Gasteiger partial charge >= 0.3 is 12.0 Å². The van der Waals surface area contributed by atoms with Gasteiger partial charge in [-0.2, -0.15) is 0 Å². The zero-order chi connectivity index (χ0) is 14.7. The summed E-state index contributed by atoms with van der Waals surface area (Å²) in [5.74, 6) is -2.19. The molecule has 2 N–H and O–H groups in total. The van der Waals surface area contributed by atoms with Crippen LogP contribution in [-0.4, -0.2) is 34.6 Å². The number of carbonyl (C=O) groups is 2. The monoisotopic (exact) mass is 280 g/mol. The second-order valence-corrected chi connectivity index (χ2v) is 4.97. The van der Waals surface area contributed by atoms with Crippen LogP contribution in [-0.2, 0) is 0 Å². The summed E-state index contributed by atoms with van der Waals surface area (Å²) in [4.78, 5) is 24.5. The quantitative estimate of drug-likeness (QED) is 0.875. The highest BCUT2D eigenvalue weighted by Gasteiger charge is 2.23. The summed E-state index contributed by atoms with van der Waals surface area (Å²) in [5.41, 5.74) is -0.149. The summed E-state index contributed by atoms with van der Waals surface area (Å²) >= 11 is 0. The fourth-order valence-corrected chi connectivity index (χ4v) is 2.36. The van der Waals surface area contributed by atoms with Crippen molar-refractivity contribution in [2.75, 3.05) is 11.9 Å². The van der Waals surface area contributed by atoms with E-state index in [0.29, 0.717) is 6.54 Å². The number of benzene rings is 1. The Morgan fingerprint density at radius 2 is 2.15 bits per heavy atom. The minimum atomic E-state index is -1.33. The number of nitrogens with one attached hydrogen (secondary N) is 1. The van der Waals surface area contributed by atoms with Gasteiger partial charge in [-0.1, -0.05) is 0 Å². The first-order valence-electron chi connectivity index (χ1n) is 6.59. The molecule has 1 atom stereocenters. The molecule has 1 saturated heterocycles. The van der Waals surface area contributed by atoms with Crippen LogP contribution in [0.2, 0.25) is 0 Å². The third kappa shape index (κ3) is 3.07. The van der Waals surface area contributed by atoms with E-state index in [9.17, 15) is 14.0 Å². The number of carbonyl (C=O) groups excluding carboxylic acids is 1. The molecule has 0 aliphatic carbocycles. The molecule has 2 amide bonds. The predicted molar refractivity (Wildman–Crippen MR) is 72.4 cm³/mol. The molecule has 0 aromatic heterocycles. The number of urea groups is 1. The molecule has 1 aliphatic heterocycles. The first-order chi connectivity index (χ1) is 9.49. The number of aromatic carboxylic acids is 1. The summed E-state index contributed by atoms with van der Waals surface area (Å²) in [6, 6.07) is 3.44. The number of halogens is 1. The fraction of sp³-hybridized carbons (Fsp3) is 0.429. The second-order valence-electron chi connectivity index (χ2n) is 4.97. The van der Waals surface area contributed by atoms with Crippen molar-refractivity contribution >= 4 is 17.7 Å². The van der Waals surface area contributed by atoms with Crippen LogP contribution in [0.4, 0.5) is 14.9 Å². The molecule has 1 aromatic rings. The van der Waals surface area contributed by atoms with E-state index in [4.69, 9.17) is 5.11 Å². The molecule has 108 valence electrons. The van der Waals surface area contributed by atoms with Gasteiger partial charge in [0.2, 0.25) is 0 Å². The Bertz CT molecular complexity index is 533. The number of piperidine rings is 1. The summed E-state index contributed by atoms with van der Waals surface area (Å²) in [6.07, 6.45) is 3.02. The Balaban J connectivity index is 2.08. The van der Waals surface area contributed by atoms with Crippen LogP contribution in [0.1, 0.15) is 36.5 Å². The normalized spacial score (nSPS) is 18.7. The van der Waals surface area contributed by atoms with E-state index in [0.717, 1.165) is 31.4 Å². The Morgan fingerprint density at radius 1 is 1.40 bits per heavy atom. The van der Waals surface area contributed by atoms with Crippen molar-refractivity contribution in [1.82, 2.24) is 4.90 Å². The van der Waals surface area contributed by atoms with E-state index in [1.54, 1.807) is 4.90 Å². The Hall–Kier alpha value is -2.11. The summed E-state index contributed by atoms with van der Waals surface area (Å²) in [6.45, 7) is 2.66. The Morgan fingerprint density at radius 3 is 2.75 bits per heavy atom. The molecular weight excluding hydrogens is 263 g/mol. The number of likely N-dealkylation sites (tertiary alicyclic amines) is 1. The lowest BCUT2D eigenvalue weighted by Gasteiger charge is -2.33. The van der Waals surface area contributed by atoms with Crippen LogP contribution >= 0.6 is 0 Å². The molecule has 2 rings (SSSR count). The molecule has 0 spiro atoms. The van der Waals surface area contributed by atoms with Crippen molar-refractivity contribution in [2.24, 2.45) is 0 Å². The largest absolute Gasteiger partial charge is 0.478 e. The lowest BCUT2D eigenvalue weighted by molar-refractivity contribution is 0.0692. The van der Waals surface area contributed by atoms with E-state index in [2.05, 4.69) is 5.32 Å². The predicted octanol–water partition coefficient (Wildman–Crippen LogP) is 2.93. The molecule has 1 unspecified atom stereocenters. The van der Waals surface area contributed by atoms with Gasteiger partial charge in [0.15, 0.2) is 0 Å². The van der Waals surface area contributed by atoms with Gasteiger partial charge in [-0.25, -0.2) is 14.0 Å². The van der Waals surface area contributed by atoms with E-state index in [1.165, 1.54) is 6.07 Å². The van der Waals surface area contributed by atoms with E-state index >= 15 is 0 Å². The first-order valence-corrected chi connectivity index (χ1v) is 6.59. The zero-order valence-corrected chi connectivity index (χ0v) is 11.2. The van der Waals surface area contributed by atoms with Gasteiger partial charge < -0.3 is 15.3 Å². The van der Waals surface area contributed by atoms with Crippen LogP contribution < -0.4 is 5.32 Å². The smallest absolute Gasteiger partial charge is 0.338 e. The van der Waals surface area contributed by atoms with Gasteiger partial charge in [0.25, 0.3) is 0 Å². The number of nitrogens with zero attached hydrogens (tertiary/aromatic N) is 1. The maximum atomic E-state index is 13.5. The number of rotatable bonds is 2. The minimum absolute atomic E-state index is 0.159. The standard InChI is InChI=1S/C14H17FN2O3/c1-9-4-2-3-7-17(9)14(20)16-10-5-6-11(13(18)19)12(15)8-10/h5-6,8-9H,2-4,7H2,1H3,(H,16,20)(H,18,19). The molecule has 6 heteroatoms. The van der Waals surface area contributed by atoms with Crippen molar-refractivity contribution in [1.29, 1.82) is 0 Å². The maximum Gasteiger partial charge on any atom is 0.338 e. The number of carboxylic acid groups (broad SMARTS) is 1. The van der Waals surface area contributed by atoms with E-state index in [-0.39, 0.29) is 17.8 Å².